The number of aliphatic hydroxyl groups excluding tert-OH is 1. The zero-order chi connectivity index (χ0) is 13.3. The van der Waals surface area contributed by atoms with Gasteiger partial charge in [-0.05, 0) is 57.3 Å². The molecule has 0 aromatic heterocycles. The molecule has 0 bridgehead atoms. The molecule has 0 spiro atoms. The summed E-state index contributed by atoms with van der Waals surface area (Å²) in [4.78, 5) is 2.61. The Morgan fingerprint density at radius 2 is 2.00 bits per heavy atom. The van der Waals surface area contributed by atoms with Gasteiger partial charge in [0.1, 0.15) is 0 Å². The number of fused-ring (bicyclic) bond motifs is 1. The van der Waals surface area contributed by atoms with Crippen molar-refractivity contribution in [2.45, 2.75) is 71.4 Å². The molecule has 1 aliphatic heterocycles. The summed E-state index contributed by atoms with van der Waals surface area (Å²) in [5.41, 5.74) is 0.266. The van der Waals surface area contributed by atoms with Crippen LogP contribution in [-0.2, 0) is 0 Å². The molecule has 4 atom stereocenters. The number of aliphatic hydroxyl groups is 1. The Labute approximate surface area is 113 Å². The Hall–Kier alpha value is -0.0800. The number of β-amino-alcohol motifs (C(OH)–C–C–N with tert-alkyl or cyclic N) is 1. The summed E-state index contributed by atoms with van der Waals surface area (Å²) in [6, 6.07) is 0.721. The standard InChI is InChI=1S/C16H31NO/c1-5-13-6-7-15-14(10-13)12(2)11-16(3,4)17(15)8-9-18/h12-15,18H,5-11H2,1-4H3. The molecule has 2 fully saturated rings. The van der Waals surface area contributed by atoms with Crippen LogP contribution in [0.25, 0.3) is 0 Å². The van der Waals surface area contributed by atoms with Crippen LogP contribution in [-0.4, -0.2) is 34.7 Å². The first kappa shape index (κ1) is 14.3. The predicted octanol–water partition coefficient (Wildman–Crippen LogP) is 3.29. The molecule has 0 radical (unpaired) electrons. The van der Waals surface area contributed by atoms with Gasteiger partial charge in [0.25, 0.3) is 0 Å². The molecule has 2 rings (SSSR count). The lowest BCUT2D eigenvalue weighted by molar-refractivity contribution is -0.0738. The van der Waals surface area contributed by atoms with E-state index < -0.39 is 0 Å². The summed E-state index contributed by atoms with van der Waals surface area (Å²) in [6.45, 7) is 10.7. The van der Waals surface area contributed by atoms with E-state index in [1.807, 2.05) is 0 Å². The lowest BCUT2D eigenvalue weighted by Gasteiger charge is -2.56. The van der Waals surface area contributed by atoms with Gasteiger partial charge >= 0.3 is 0 Å². The number of nitrogens with zero attached hydrogens (tertiary/aromatic N) is 1. The minimum Gasteiger partial charge on any atom is -0.395 e. The zero-order valence-corrected chi connectivity index (χ0v) is 12.7. The van der Waals surface area contributed by atoms with Gasteiger partial charge in [0, 0.05) is 18.1 Å². The molecule has 0 amide bonds. The molecule has 1 heterocycles. The molecule has 0 aromatic rings. The smallest absolute Gasteiger partial charge is 0.0558 e. The van der Waals surface area contributed by atoms with E-state index in [2.05, 4.69) is 32.6 Å². The molecule has 18 heavy (non-hydrogen) atoms. The Bertz CT molecular complexity index is 276. The highest BCUT2D eigenvalue weighted by Crippen LogP contribution is 2.47. The molecule has 1 saturated carbocycles. The highest BCUT2D eigenvalue weighted by atomic mass is 16.3. The monoisotopic (exact) mass is 253 g/mol. The summed E-state index contributed by atoms with van der Waals surface area (Å²) in [6.07, 6.45) is 6.78. The first-order chi connectivity index (χ1) is 8.49. The second-order valence-corrected chi connectivity index (χ2v) is 7.23. The number of hydrogen-bond donors (Lipinski definition) is 1. The molecule has 2 aliphatic rings. The average molecular weight is 253 g/mol. The van der Waals surface area contributed by atoms with Crippen LogP contribution in [0, 0.1) is 17.8 Å². The van der Waals surface area contributed by atoms with E-state index in [9.17, 15) is 5.11 Å². The maximum atomic E-state index is 9.36. The van der Waals surface area contributed by atoms with Crippen molar-refractivity contribution in [1.29, 1.82) is 0 Å². The lowest BCUT2D eigenvalue weighted by atomic mass is 9.64. The van der Waals surface area contributed by atoms with Crippen LogP contribution >= 0.6 is 0 Å². The maximum Gasteiger partial charge on any atom is 0.0558 e. The van der Waals surface area contributed by atoms with Crippen LogP contribution in [0.1, 0.15) is 59.8 Å². The zero-order valence-electron chi connectivity index (χ0n) is 12.7. The van der Waals surface area contributed by atoms with Crippen LogP contribution in [0.5, 0.6) is 0 Å². The number of likely N-dealkylation sites (tertiary alicyclic amines) is 1. The van der Waals surface area contributed by atoms with E-state index >= 15 is 0 Å². The molecular weight excluding hydrogens is 222 g/mol. The number of piperidine rings is 1. The van der Waals surface area contributed by atoms with Gasteiger partial charge in [0.15, 0.2) is 0 Å². The van der Waals surface area contributed by atoms with Crippen LogP contribution < -0.4 is 0 Å². The van der Waals surface area contributed by atoms with Crippen molar-refractivity contribution in [2.24, 2.45) is 17.8 Å². The first-order valence-electron chi connectivity index (χ1n) is 7.87. The van der Waals surface area contributed by atoms with Gasteiger partial charge < -0.3 is 5.11 Å². The lowest BCUT2D eigenvalue weighted by Crippen LogP contribution is -2.61. The Kier molecular flexibility index (Phi) is 4.38. The van der Waals surface area contributed by atoms with Crippen molar-refractivity contribution in [1.82, 2.24) is 4.90 Å². The highest BCUT2D eigenvalue weighted by Gasteiger charge is 2.46. The number of rotatable bonds is 3. The summed E-state index contributed by atoms with van der Waals surface area (Å²) in [5, 5.41) is 9.36. The molecule has 106 valence electrons. The molecule has 2 nitrogen and oxygen atoms in total. The van der Waals surface area contributed by atoms with E-state index in [1.165, 1.54) is 32.1 Å². The number of hydrogen-bond acceptors (Lipinski definition) is 2. The van der Waals surface area contributed by atoms with E-state index in [-0.39, 0.29) is 5.54 Å². The maximum absolute atomic E-state index is 9.36. The van der Waals surface area contributed by atoms with Gasteiger partial charge in [0.05, 0.1) is 6.61 Å². The van der Waals surface area contributed by atoms with E-state index in [1.54, 1.807) is 0 Å². The van der Waals surface area contributed by atoms with E-state index in [0.29, 0.717) is 6.61 Å². The molecular formula is C16H31NO. The average Bonchev–Trinajstić information content (AvgIpc) is 2.33. The second-order valence-electron chi connectivity index (χ2n) is 7.23. The third kappa shape index (κ3) is 2.60. The fraction of sp³-hybridized carbons (Fsp3) is 1.00. The Morgan fingerprint density at radius 1 is 1.28 bits per heavy atom. The van der Waals surface area contributed by atoms with Gasteiger partial charge in [-0.1, -0.05) is 20.3 Å². The van der Waals surface area contributed by atoms with Crippen LogP contribution in [0.2, 0.25) is 0 Å². The fourth-order valence-corrected chi connectivity index (χ4v) is 4.73. The fourth-order valence-electron chi connectivity index (χ4n) is 4.73. The molecule has 1 aliphatic carbocycles. The van der Waals surface area contributed by atoms with Gasteiger partial charge in [-0.25, -0.2) is 0 Å². The molecule has 1 saturated heterocycles. The van der Waals surface area contributed by atoms with Crippen LogP contribution in [0.4, 0.5) is 0 Å². The van der Waals surface area contributed by atoms with E-state index in [4.69, 9.17) is 0 Å². The van der Waals surface area contributed by atoms with Crippen molar-refractivity contribution in [2.75, 3.05) is 13.2 Å². The molecule has 1 N–H and O–H groups in total. The molecule has 0 aromatic carbocycles. The predicted molar refractivity (Wildman–Crippen MR) is 76.6 cm³/mol. The van der Waals surface area contributed by atoms with Crippen molar-refractivity contribution in [3.63, 3.8) is 0 Å². The molecule has 2 heteroatoms. The summed E-state index contributed by atoms with van der Waals surface area (Å²) < 4.78 is 0. The van der Waals surface area contributed by atoms with Crippen molar-refractivity contribution >= 4 is 0 Å². The minimum atomic E-state index is 0.266. The summed E-state index contributed by atoms with van der Waals surface area (Å²) in [7, 11) is 0. The van der Waals surface area contributed by atoms with Gasteiger partial charge in [-0.15, -0.1) is 0 Å². The Balaban J connectivity index is 2.15. The largest absolute Gasteiger partial charge is 0.395 e. The van der Waals surface area contributed by atoms with Crippen LogP contribution in [0.3, 0.4) is 0 Å². The second kappa shape index (κ2) is 5.50. The topological polar surface area (TPSA) is 23.5 Å². The normalized spacial score (nSPS) is 40.5. The third-order valence-electron chi connectivity index (χ3n) is 5.62. The van der Waals surface area contributed by atoms with E-state index in [0.717, 1.165) is 30.3 Å². The first-order valence-corrected chi connectivity index (χ1v) is 7.87. The minimum absolute atomic E-state index is 0.266. The Morgan fingerprint density at radius 3 is 2.61 bits per heavy atom. The quantitative estimate of drug-likeness (QED) is 0.834. The van der Waals surface area contributed by atoms with Crippen LogP contribution in [0.15, 0.2) is 0 Å². The van der Waals surface area contributed by atoms with Crippen molar-refractivity contribution in [3.05, 3.63) is 0 Å². The summed E-state index contributed by atoms with van der Waals surface area (Å²) in [5.74, 6) is 2.66. The van der Waals surface area contributed by atoms with Gasteiger partial charge in [0.2, 0.25) is 0 Å². The van der Waals surface area contributed by atoms with Crippen molar-refractivity contribution < 1.29 is 5.11 Å². The third-order valence-corrected chi connectivity index (χ3v) is 5.62. The van der Waals surface area contributed by atoms with Crippen molar-refractivity contribution in [3.8, 4) is 0 Å². The SMILES string of the molecule is CCC1CCC2C(C1)C(C)CC(C)(C)N2CCO. The highest BCUT2D eigenvalue weighted by molar-refractivity contribution is 5.00. The molecule has 4 unspecified atom stereocenters. The van der Waals surface area contributed by atoms with Gasteiger partial charge in [-0.2, -0.15) is 0 Å². The summed E-state index contributed by atoms with van der Waals surface area (Å²) >= 11 is 0. The van der Waals surface area contributed by atoms with Gasteiger partial charge in [-0.3, -0.25) is 4.90 Å².